The Hall–Kier alpha value is -2.28. The summed E-state index contributed by atoms with van der Waals surface area (Å²) in [6.45, 7) is -0.137. The van der Waals surface area contributed by atoms with Gasteiger partial charge < -0.3 is 15.3 Å². The minimum atomic E-state index is -3.57. The summed E-state index contributed by atoms with van der Waals surface area (Å²) in [6.07, 6.45) is -1.23. The third-order valence-electron chi connectivity index (χ3n) is 3.32. The predicted octanol–water partition coefficient (Wildman–Crippen LogP) is 1.95. The van der Waals surface area contributed by atoms with Gasteiger partial charge in [-0.1, -0.05) is 24.3 Å². The molecule has 0 saturated carbocycles. The summed E-state index contributed by atoms with van der Waals surface area (Å²) in [4.78, 5) is 12.6. The number of carbonyl (C=O) groups is 1. The first-order valence-electron chi connectivity index (χ1n) is 6.71. The van der Waals surface area contributed by atoms with E-state index in [0.29, 0.717) is 5.39 Å². The molecule has 0 fully saturated rings. The van der Waals surface area contributed by atoms with Gasteiger partial charge in [0, 0.05) is 37.1 Å². The third kappa shape index (κ3) is 3.30. The van der Waals surface area contributed by atoms with E-state index in [1.165, 1.54) is 0 Å². The summed E-state index contributed by atoms with van der Waals surface area (Å²) in [5, 5.41) is 12.1. The van der Waals surface area contributed by atoms with Crippen molar-refractivity contribution < 1.29 is 18.3 Å². The molecule has 0 spiro atoms. The van der Waals surface area contributed by atoms with Gasteiger partial charge >= 0.3 is 6.09 Å². The predicted molar refractivity (Wildman–Crippen MR) is 86.4 cm³/mol. The summed E-state index contributed by atoms with van der Waals surface area (Å²) in [6, 6.07) is 10.6. The molecule has 0 radical (unpaired) electrons. The molecule has 1 amide bonds. The summed E-state index contributed by atoms with van der Waals surface area (Å²) in [5.74, 6) is -0.273. The second-order valence-corrected chi connectivity index (χ2v) is 7.15. The van der Waals surface area contributed by atoms with Crippen LogP contribution in [-0.4, -0.2) is 46.0 Å². The third-order valence-corrected chi connectivity index (χ3v) is 5.09. The monoisotopic (exact) mass is 322 g/mol. The van der Waals surface area contributed by atoms with Crippen molar-refractivity contribution in [3.63, 3.8) is 0 Å². The van der Waals surface area contributed by atoms with Crippen molar-refractivity contribution in [3.8, 4) is 0 Å². The molecule has 0 aliphatic heterocycles. The molecule has 6 nitrogen and oxygen atoms in total. The van der Waals surface area contributed by atoms with Crippen LogP contribution >= 0.6 is 0 Å². The normalized spacial score (nSPS) is 11.4. The van der Waals surface area contributed by atoms with E-state index >= 15 is 0 Å². The minimum absolute atomic E-state index is 0.137. The summed E-state index contributed by atoms with van der Waals surface area (Å²) in [5.41, 5.74) is 0.929. The maximum Gasteiger partial charge on any atom is 0.404 e. The van der Waals surface area contributed by atoms with Crippen LogP contribution in [0, 0.1) is 0 Å². The second kappa shape index (κ2) is 6.23. The Labute approximate surface area is 129 Å². The number of anilines is 1. The average molecular weight is 322 g/mol. The Bertz CT molecular complexity index is 800. The van der Waals surface area contributed by atoms with Crippen LogP contribution in [0.2, 0.25) is 0 Å². The summed E-state index contributed by atoms with van der Waals surface area (Å²) >= 11 is 0. The molecule has 118 valence electrons. The smallest absolute Gasteiger partial charge is 0.404 e. The van der Waals surface area contributed by atoms with E-state index in [-0.39, 0.29) is 17.2 Å². The summed E-state index contributed by atoms with van der Waals surface area (Å²) in [7, 11) is 0.222. The fraction of sp³-hybridized carbons (Fsp3) is 0.267. The molecular formula is C15H18N2O4S. The van der Waals surface area contributed by atoms with E-state index in [0.717, 1.165) is 11.1 Å². The molecule has 0 unspecified atom stereocenters. The molecule has 0 bridgehead atoms. The van der Waals surface area contributed by atoms with Crippen LogP contribution in [0.4, 0.5) is 10.5 Å². The lowest BCUT2D eigenvalue weighted by molar-refractivity contribution is 0.195. The van der Waals surface area contributed by atoms with E-state index < -0.39 is 15.9 Å². The molecule has 2 aromatic rings. The topological polar surface area (TPSA) is 86.7 Å². The van der Waals surface area contributed by atoms with E-state index in [1.54, 1.807) is 18.2 Å². The number of carboxylic acid groups (broad SMARTS) is 1. The van der Waals surface area contributed by atoms with Crippen LogP contribution < -0.4 is 10.2 Å². The highest BCUT2D eigenvalue weighted by molar-refractivity contribution is 7.91. The van der Waals surface area contributed by atoms with Gasteiger partial charge in [0.1, 0.15) is 0 Å². The molecule has 0 atom stereocenters. The standard InChI is InChI=1S/C15H18N2O4S/c1-17(2)13-7-3-6-12-11(13)5-4-8-14(12)22(20,21)10-9-16-15(18)19/h3-8,16H,9-10H2,1-2H3,(H,18,19). The van der Waals surface area contributed by atoms with Gasteiger partial charge in [-0.05, 0) is 12.1 Å². The Morgan fingerprint density at radius 3 is 2.41 bits per heavy atom. The molecule has 0 aromatic heterocycles. The van der Waals surface area contributed by atoms with Gasteiger partial charge in [0.05, 0.1) is 10.6 Å². The van der Waals surface area contributed by atoms with Crippen molar-refractivity contribution >= 4 is 32.4 Å². The van der Waals surface area contributed by atoms with Crippen molar-refractivity contribution in [2.75, 3.05) is 31.3 Å². The average Bonchev–Trinajstić information content (AvgIpc) is 2.45. The number of benzene rings is 2. The Morgan fingerprint density at radius 2 is 1.77 bits per heavy atom. The number of fused-ring (bicyclic) bond motifs is 1. The van der Waals surface area contributed by atoms with Crippen LogP contribution in [0.25, 0.3) is 10.8 Å². The quantitative estimate of drug-likeness (QED) is 0.878. The first kappa shape index (κ1) is 16.1. The van der Waals surface area contributed by atoms with Crippen molar-refractivity contribution in [1.29, 1.82) is 0 Å². The number of nitrogens with zero attached hydrogens (tertiary/aromatic N) is 1. The minimum Gasteiger partial charge on any atom is -0.465 e. The van der Waals surface area contributed by atoms with Crippen molar-refractivity contribution in [2.45, 2.75) is 4.90 Å². The number of amides is 1. The van der Waals surface area contributed by atoms with Gasteiger partial charge in [0.15, 0.2) is 9.84 Å². The van der Waals surface area contributed by atoms with E-state index in [1.807, 2.05) is 37.2 Å². The number of rotatable bonds is 5. The van der Waals surface area contributed by atoms with Gasteiger partial charge in [-0.2, -0.15) is 0 Å². The second-order valence-electron chi connectivity index (χ2n) is 5.07. The van der Waals surface area contributed by atoms with Gasteiger partial charge in [-0.15, -0.1) is 0 Å². The maximum absolute atomic E-state index is 12.5. The van der Waals surface area contributed by atoms with E-state index in [4.69, 9.17) is 5.11 Å². The van der Waals surface area contributed by atoms with Crippen molar-refractivity contribution in [2.24, 2.45) is 0 Å². The SMILES string of the molecule is CN(C)c1cccc2c(S(=O)(=O)CCNC(=O)O)cccc12. The van der Waals surface area contributed by atoms with Crippen LogP contribution in [0.5, 0.6) is 0 Å². The fourth-order valence-electron chi connectivity index (χ4n) is 2.33. The largest absolute Gasteiger partial charge is 0.465 e. The van der Waals surface area contributed by atoms with Crippen LogP contribution in [0.3, 0.4) is 0 Å². The van der Waals surface area contributed by atoms with E-state index in [9.17, 15) is 13.2 Å². The highest BCUT2D eigenvalue weighted by atomic mass is 32.2. The van der Waals surface area contributed by atoms with E-state index in [2.05, 4.69) is 5.32 Å². The highest BCUT2D eigenvalue weighted by Crippen LogP contribution is 2.30. The first-order chi connectivity index (χ1) is 10.3. The lowest BCUT2D eigenvalue weighted by Gasteiger charge is -2.17. The fourth-order valence-corrected chi connectivity index (χ4v) is 3.72. The Morgan fingerprint density at radius 1 is 1.14 bits per heavy atom. The Balaban J connectivity index is 2.47. The molecule has 2 aromatic carbocycles. The van der Waals surface area contributed by atoms with Crippen LogP contribution in [0.1, 0.15) is 0 Å². The molecule has 2 rings (SSSR count). The molecule has 2 N–H and O–H groups in total. The lowest BCUT2D eigenvalue weighted by atomic mass is 10.1. The highest BCUT2D eigenvalue weighted by Gasteiger charge is 2.18. The number of hydrogen-bond acceptors (Lipinski definition) is 4. The van der Waals surface area contributed by atoms with Gasteiger partial charge in [0.2, 0.25) is 0 Å². The molecule has 0 saturated heterocycles. The number of hydrogen-bond donors (Lipinski definition) is 2. The molecular weight excluding hydrogens is 304 g/mol. The first-order valence-corrected chi connectivity index (χ1v) is 8.37. The van der Waals surface area contributed by atoms with Crippen molar-refractivity contribution in [3.05, 3.63) is 36.4 Å². The lowest BCUT2D eigenvalue weighted by Crippen LogP contribution is -2.27. The molecule has 22 heavy (non-hydrogen) atoms. The Kier molecular flexibility index (Phi) is 4.56. The van der Waals surface area contributed by atoms with Crippen LogP contribution in [-0.2, 0) is 9.84 Å². The molecule has 7 heteroatoms. The maximum atomic E-state index is 12.5. The zero-order valence-electron chi connectivity index (χ0n) is 12.4. The molecule has 0 aliphatic carbocycles. The molecule has 0 heterocycles. The van der Waals surface area contributed by atoms with Gasteiger partial charge in [-0.25, -0.2) is 13.2 Å². The number of nitrogens with one attached hydrogen (secondary N) is 1. The zero-order chi connectivity index (χ0) is 16.3. The number of sulfone groups is 1. The van der Waals surface area contributed by atoms with Gasteiger partial charge in [-0.3, -0.25) is 0 Å². The zero-order valence-corrected chi connectivity index (χ0v) is 13.2. The summed E-state index contributed by atoms with van der Waals surface area (Å²) < 4.78 is 24.9. The molecule has 0 aliphatic rings. The van der Waals surface area contributed by atoms with Crippen molar-refractivity contribution in [1.82, 2.24) is 5.32 Å². The van der Waals surface area contributed by atoms with Crippen LogP contribution in [0.15, 0.2) is 41.3 Å². The van der Waals surface area contributed by atoms with Gasteiger partial charge in [0.25, 0.3) is 0 Å².